The monoisotopic (exact) mass is 280 g/mol. The van der Waals surface area contributed by atoms with Crippen molar-refractivity contribution < 1.29 is 4.74 Å². The van der Waals surface area contributed by atoms with Crippen molar-refractivity contribution in [1.29, 1.82) is 0 Å². The van der Waals surface area contributed by atoms with Crippen molar-refractivity contribution in [2.24, 2.45) is 0 Å². The van der Waals surface area contributed by atoms with Crippen molar-refractivity contribution in [1.82, 2.24) is 19.9 Å². The highest BCUT2D eigenvalue weighted by Crippen LogP contribution is 2.23. The van der Waals surface area contributed by atoms with E-state index in [9.17, 15) is 0 Å². The molecule has 3 atom stereocenters. The zero-order chi connectivity index (χ0) is 14.9. The zero-order valence-corrected chi connectivity index (χ0v) is 12.9. The Labute approximate surface area is 120 Å². The largest absolute Gasteiger partial charge is 0.373 e. The van der Waals surface area contributed by atoms with Crippen LogP contribution in [-0.2, 0) is 4.74 Å². The van der Waals surface area contributed by atoms with Crippen molar-refractivity contribution in [2.45, 2.75) is 39.0 Å². The number of nitrogen functional groups attached to an aromatic ring is 1. The van der Waals surface area contributed by atoms with Gasteiger partial charge in [0.2, 0.25) is 11.9 Å². The molecule has 0 bridgehead atoms. The minimum atomic E-state index is 0.0906. The lowest BCUT2D eigenvalue weighted by atomic mass is 10.1. The first-order valence-corrected chi connectivity index (χ1v) is 6.95. The molecule has 112 valence electrons. The third kappa shape index (κ3) is 3.34. The van der Waals surface area contributed by atoms with Gasteiger partial charge >= 0.3 is 0 Å². The number of anilines is 2. The fourth-order valence-electron chi connectivity index (χ4n) is 2.48. The molecule has 0 saturated carbocycles. The average molecular weight is 280 g/mol. The summed E-state index contributed by atoms with van der Waals surface area (Å²) in [5, 5.41) is 0. The van der Waals surface area contributed by atoms with Crippen LogP contribution in [-0.4, -0.2) is 59.2 Å². The maximum atomic E-state index is 5.79. The highest BCUT2D eigenvalue weighted by molar-refractivity contribution is 5.33. The van der Waals surface area contributed by atoms with Crippen LogP contribution in [0.1, 0.15) is 32.6 Å². The van der Waals surface area contributed by atoms with E-state index in [0.717, 1.165) is 13.1 Å². The molecule has 7 nitrogen and oxygen atoms in total. The van der Waals surface area contributed by atoms with E-state index in [-0.39, 0.29) is 24.2 Å². The molecule has 2 rings (SSSR count). The Morgan fingerprint density at radius 2 is 1.80 bits per heavy atom. The lowest BCUT2D eigenvalue weighted by Gasteiger charge is -2.38. The lowest BCUT2D eigenvalue weighted by Crippen LogP contribution is -2.46. The minimum Gasteiger partial charge on any atom is -0.373 e. The maximum Gasteiger partial charge on any atom is 0.229 e. The van der Waals surface area contributed by atoms with Gasteiger partial charge in [-0.2, -0.15) is 15.0 Å². The summed E-state index contributed by atoms with van der Waals surface area (Å²) >= 11 is 0. The molecular weight excluding hydrogens is 256 g/mol. The van der Waals surface area contributed by atoms with Crippen molar-refractivity contribution in [3.8, 4) is 0 Å². The number of hydrogen-bond acceptors (Lipinski definition) is 7. The molecule has 20 heavy (non-hydrogen) atoms. The van der Waals surface area contributed by atoms with Gasteiger partial charge in [0.25, 0.3) is 0 Å². The molecule has 2 N–H and O–H groups in total. The van der Waals surface area contributed by atoms with Gasteiger partial charge in [-0.05, 0) is 20.8 Å². The number of hydrogen-bond donors (Lipinski definition) is 1. The van der Waals surface area contributed by atoms with E-state index < -0.39 is 0 Å². The van der Waals surface area contributed by atoms with Crippen LogP contribution in [0.25, 0.3) is 0 Å². The lowest BCUT2D eigenvalue weighted by molar-refractivity contribution is -0.0798. The Bertz CT molecular complexity index is 456. The third-order valence-corrected chi connectivity index (χ3v) is 3.43. The van der Waals surface area contributed by atoms with Crippen LogP contribution in [0.4, 0.5) is 11.9 Å². The summed E-state index contributed by atoms with van der Waals surface area (Å²) in [5.74, 6) is 1.57. The number of nitrogens with zero attached hydrogens (tertiary/aromatic N) is 5. The molecule has 7 heteroatoms. The third-order valence-electron chi connectivity index (χ3n) is 3.43. The molecule has 3 unspecified atom stereocenters. The van der Waals surface area contributed by atoms with Gasteiger partial charge in [0, 0.05) is 27.2 Å². The van der Waals surface area contributed by atoms with E-state index in [0.29, 0.717) is 11.8 Å². The van der Waals surface area contributed by atoms with Crippen molar-refractivity contribution in [3.63, 3.8) is 0 Å². The Hall–Kier alpha value is -1.47. The molecule has 2 heterocycles. The number of aromatic nitrogens is 3. The first-order chi connectivity index (χ1) is 9.36. The van der Waals surface area contributed by atoms with Crippen molar-refractivity contribution in [2.75, 3.05) is 37.8 Å². The van der Waals surface area contributed by atoms with E-state index in [4.69, 9.17) is 10.5 Å². The van der Waals surface area contributed by atoms with Gasteiger partial charge < -0.3 is 15.4 Å². The first-order valence-electron chi connectivity index (χ1n) is 6.95. The molecule has 1 aromatic rings. The summed E-state index contributed by atoms with van der Waals surface area (Å²) in [6.07, 6.45) is 0.433. The summed E-state index contributed by atoms with van der Waals surface area (Å²) in [6.45, 7) is 8.01. The van der Waals surface area contributed by atoms with E-state index in [2.05, 4.69) is 40.6 Å². The molecular formula is C13H24N6O. The van der Waals surface area contributed by atoms with E-state index in [1.165, 1.54) is 0 Å². The summed E-state index contributed by atoms with van der Waals surface area (Å²) in [4.78, 5) is 17.1. The Kier molecular flexibility index (Phi) is 4.39. The maximum absolute atomic E-state index is 5.79. The smallest absolute Gasteiger partial charge is 0.229 e. The van der Waals surface area contributed by atoms with Crippen LogP contribution < -0.4 is 10.6 Å². The van der Waals surface area contributed by atoms with Crippen molar-refractivity contribution >= 4 is 11.9 Å². The summed E-state index contributed by atoms with van der Waals surface area (Å²) < 4.78 is 5.76. The molecule has 0 spiro atoms. The summed E-state index contributed by atoms with van der Waals surface area (Å²) in [6, 6.07) is 0.0906. The summed E-state index contributed by atoms with van der Waals surface area (Å²) in [7, 11) is 3.78. The fraction of sp³-hybridized carbons (Fsp3) is 0.769. The predicted molar refractivity (Wildman–Crippen MR) is 78.6 cm³/mol. The second kappa shape index (κ2) is 5.88. The van der Waals surface area contributed by atoms with E-state index in [1.54, 1.807) is 0 Å². The van der Waals surface area contributed by atoms with Gasteiger partial charge in [0.05, 0.1) is 18.2 Å². The second-order valence-corrected chi connectivity index (χ2v) is 5.63. The summed E-state index contributed by atoms with van der Waals surface area (Å²) in [5.41, 5.74) is 5.79. The SMILES string of the molecule is CC1CN(C(C)c2nc(N)nc(N(C)C)n2)CC(C)O1. The first kappa shape index (κ1) is 14.9. The van der Waals surface area contributed by atoms with Crippen LogP contribution in [0.5, 0.6) is 0 Å². The van der Waals surface area contributed by atoms with E-state index in [1.807, 2.05) is 19.0 Å². The van der Waals surface area contributed by atoms with Crippen LogP contribution in [0.15, 0.2) is 0 Å². The van der Waals surface area contributed by atoms with Crippen LogP contribution in [0, 0.1) is 0 Å². The van der Waals surface area contributed by atoms with E-state index >= 15 is 0 Å². The van der Waals surface area contributed by atoms with Crippen LogP contribution in [0.3, 0.4) is 0 Å². The van der Waals surface area contributed by atoms with Gasteiger partial charge in [-0.1, -0.05) is 0 Å². The molecule has 0 aliphatic carbocycles. The van der Waals surface area contributed by atoms with Crippen LogP contribution >= 0.6 is 0 Å². The standard InChI is InChI=1S/C13H24N6O/c1-8-6-19(7-9(2)20-8)10(3)11-15-12(14)17-13(16-11)18(4)5/h8-10H,6-7H2,1-5H3,(H2,14,15,16,17). The van der Waals surface area contributed by atoms with Gasteiger partial charge in [-0.3, -0.25) is 4.90 Å². The van der Waals surface area contributed by atoms with Crippen molar-refractivity contribution in [3.05, 3.63) is 5.82 Å². The van der Waals surface area contributed by atoms with Gasteiger partial charge in [-0.25, -0.2) is 0 Å². The molecule has 0 amide bonds. The van der Waals surface area contributed by atoms with Crippen LogP contribution in [0.2, 0.25) is 0 Å². The van der Waals surface area contributed by atoms with Gasteiger partial charge in [-0.15, -0.1) is 0 Å². The molecule has 1 aromatic heterocycles. The van der Waals surface area contributed by atoms with Gasteiger partial charge in [0.15, 0.2) is 5.82 Å². The number of nitrogens with two attached hydrogens (primary N) is 1. The Morgan fingerprint density at radius 3 is 2.35 bits per heavy atom. The molecule has 0 radical (unpaired) electrons. The molecule has 1 aliphatic rings. The molecule has 1 saturated heterocycles. The average Bonchev–Trinajstić information content (AvgIpc) is 2.35. The Morgan fingerprint density at radius 1 is 1.20 bits per heavy atom. The van der Waals surface area contributed by atoms with Gasteiger partial charge in [0.1, 0.15) is 0 Å². The second-order valence-electron chi connectivity index (χ2n) is 5.63. The zero-order valence-electron chi connectivity index (χ0n) is 12.9. The quantitative estimate of drug-likeness (QED) is 0.872. The highest BCUT2D eigenvalue weighted by atomic mass is 16.5. The highest BCUT2D eigenvalue weighted by Gasteiger charge is 2.28. The minimum absolute atomic E-state index is 0.0906. The number of morpholine rings is 1. The molecule has 1 aliphatic heterocycles. The number of rotatable bonds is 3. The normalized spacial score (nSPS) is 25.4. The molecule has 0 aromatic carbocycles. The predicted octanol–water partition coefficient (Wildman–Crippen LogP) is 0.690. The number of ether oxygens (including phenoxy) is 1. The topological polar surface area (TPSA) is 80.4 Å². The fourth-order valence-corrected chi connectivity index (χ4v) is 2.48. The molecule has 1 fully saturated rings. The Balaban J connectivity index is 2.21.